The van der Waals surface area contributed by atoms with Crippen molar-refractivity contribution in [3.63, 3.8) is 0 Å². The molecule has 0 amide bonds. The number of para-hydroxylation sites is 2. The second-order valence-electron chi connectivity index (χ2n) is 5.96. The number of thioether (sulfide) groups is 1. The van der Waals surface area contributed by atoms with E-state index in [1.54, 1.807) is 11.8 Å². The summed E-state index contributed by atoms with van der Waals surface area (Å²) in [7, 11) is -1.36. The Morgan fingerprint density at radius 2 is 1.40 bits per heavy atom. The number of hydrogen-bond acceptors (Lipinski definition) is 3. The van der Waals surface area contributed by atoms with E-state index in [1.807, 2.05) is 12.1 Å². The van der Waals surface area contributed by atoms with Crippen LogP contribution in [0.5, 0.6) is 11.5 Å². The highest BCUT2D eigenvalue weighted by Gasteiger charge is 2.35. The van der Waals surface area contributed by atoms with Gasteiger partial charge in [-0.25, -0.2) is 0 Å². The van der Waals surface area contributed by atoms with Crippen molar-refractivity contribution >= 4 is 21.8 Å². The first-order valence-electron chi connectivity index (χ1n) is 8.21. The molecule has 0 saturated carbocycles. The van der Waals surface area contributed by atoms with Crippen LogP contribution in [-0.4, -0.2) is 23.7 Å². The van der Waals surface area contributed by atoms with Crippen LogP contribution in [0.3, 0.4) is 0 Å². The van der Waals surface area contributed by atoms with Gasteiger partial charge in [-0.1, -0.05) is 24.3 Å². The minimum Gasteiger partial charge on any atom is -0.455 e. The molecule has 0 fully saturated rings. The first-order valence-corrected chi connectivity index (χ1v) is 11.2. The molecule has 0 atom stereocenters. The van der Waals surface area contributed by atoms with E-state index in [0.717, 1.165) is 17.3 Å². The number of aliphatic hydroxyl groups excluding tert-OH is 1. The third-order valence-corrected chi connectivity index (χ3v) is 9.09. The maximum atomic E-state index is 9.01. The summed E-state index contributed by atoms with van der Waals surface area (Å²) in [6, 6.07) is 25.5. The molecule has 0 bridgehead atoms. The highest BCUT2D eigenvalue weighted by molar-refractivity contribution is 8.33. The Morgan fingerprint density at radius 1 is 0.840 bits per heavy atom. The number of fused-ring (bicyclic) bond motifs is 2. The van der Waals surface area contributed by atoms with Crippen LogP contribution in [0.15, 0.2) is 92.4 Å². The van der Waals surface area contributed by atoms with Gasteiger partial charge in [0, 0.05) is 20.4 Å². The van der Waals surface area contributed by atoms with Crippen molar-refractivity contribution < 1.29 is 9.84 Å². The number of ether oxygens (including phenoxy) is 1. The van der Waals surface area contributed by atoms with Gasteiger partial charge in [0.2, 0.25) is 0 Å². The zero-order chi connectivity index (χ0) is 17.3. The summed E-state index contributed by atoms with van der Waals surface area (Å²) in [4.78, 5) is 5.05. The summed E-state index contributed by atoms with van der Waals surface area (Å²) >= 11 is 1.68. The molecule has 0 aromatic heterocycles. The molecule has 0 saturated heterocycles. The zero-order valence-corrected chi connectivity index (χ0v) is 15.6. The lowest BCUT2D eigenvalue weighted by Crippen LogP contribution is -2.09. The van der Waals surface area contributed by atoms with Gasteiger partial charge in [-0.3, -0.25) is 0 Å². The quantitative estimate of drug-likeness (QED) is 0.591. The number of hydrogen-bond donors (Lipinski definition) is 1. The second kappa shape index (κ2) is 6.79. The molecule has 1 aliphatic rings. The molecule has 3 aromatic rings. The third kappa shape index (κ3) is 2.84. The molecule has 1 heterocycles. The standard InChI is InChI=1S/C21H20O2S2/c1-25(17-12-10-16(11-13-17)24-15-14-22)20-8-4-2-6-18(20)23-19-7-3-5-9-21(19)25/h2-13,22H,14-15H2,1H3. The van der Waals surface area contributed by atoms with Crippen molar-refractivity contribution in [2.24, 2.45) is 0 Å². The molecule has 4 heteroatoms. The summed E-state index contributed by atoms with van der Waals surface area (Å²) in [5.74, 6) is 2.64. The van der Waals surface area contributed by atoms with E-state index >= 15 is 0 Å². The Bertz CT molecular complexity index is 845. The van der Waals surface area contributed by atoms with Crippen LogP contribution in [-0.2, 0) is 0 Å². The van der Waals surface area contributed by atoms with Gasteiger partial charge >= 0.3 is 0 Å². The van der Waals surface area contributed by atoms with Crippen LogP contribution in [0.2, 0.25) is 0 Å². The fourth-order valence-corrected chi connectivity index (χ4v) is 7.01. The molecular weight excluding hydrogens is 348 g/mol. The van der Waals surface area contributed by atoms with E-state index in [2.05, 4.69) is 66.9 Å². The Balaban J connectivity index is 1.85. The summed E-state index contributed by atoms with van der Waals surface area (Å²) in [6.07, 6.45) is 2.35. The van der Waals surface area contributed by atoms with Gasteiger partial charge in [-0.15, -0.1) is 11.8 Å². The maximum absolute atomic E-state index is 9.01. The summed E-state index contributed by atoms with van der Waals surface area (Å²) < 4.78 is 6.16. The minimum absolute atomic E-state index is 0.202. The second-order valence-corrected chi connectivity index (χ2v) is 10.3. The van der Waals surface area contributed by atoms with Crippen molar-refractivity contribution in [2.75, 3.05) is 18.6 Å². The maximum Gasteiger partial charge on any atom is 0.140 e. The van der Waals surface area contributed by atoms with E-state index in [4.69, 9.17) is 9.84 Å². The van der Waals surface area contributed by atoms with Crippen molar-refractivity contribution in [3.05, 3.63) is 72.8 Å². The van der Waals surface area contributed by atoms with Crippen LogP contribution in [0, 0.1) is 0 Å². The highest BCUT2D eigenvalue weighted by Crippen LogP contribution is 2.72. The molecule has 2 nitrogen and oxygen atoms in total. The number of benzene rings is 3. The Hall–Kier alpha value is -1.88. The van der Waals surface area contributed by atoms with E-state index in [-0.39, 0.29) is 6.61 Å². The predicted molar refractivity (Wildman–Crippen MR) is 106 cm³/mol. The van der Waals surface area contributed by atoms with Gasteiger partial charge < -0.3 is 9.84 Å². The molecule has 128 valence electrons. The molecule has 0 unspecified atom stereocenters. The lowest BCUT2D eigenvalue weighted by molar-refractivity contribution is 0.322. The number of rotatable bonds is 4. The fourth-order valence-electron chi connectivity index (χ4n) is 3.21. The third-order valence-electron chi connectivity index (χ3n) is 4.45. The molecule has 25 heavy (non-hydrogen) atoms. The molecule has 4 rings (SSSR count). The van der Waals surface area contributed by atoms with Gasteiger partial charge in [0.05, 0.1) is 6.61 Å². The molecule has 0 radical (unpaired) electrons. The lowest BCUT2D eigenvalue weighted by atomic mass is 10.3. The Kier molecular flexibility index (Phi) is 4.50. The molecule has 1 N–H and O–H groups in total. The van der Waals surface area contributed by atoms with Crippen molar-refractivity contribution in [1.82, 2.24) is 0 Å². The molecule has 1 aliphatic heterocycles. The minimum atomic E-state index is -1.36. The Morgan fingerprint density at radius 3 is 1.96 bits per heavy atom. The van der Waals surface area contributed by atoms with E-state index in [1.165, 1.54) is 19.6 Å². The van der Waals surface area contributed by atoms with E-state index in [0.29, 0.717) is 0 Å². The smallest absolute Gasteiger partial charge is 0.140 e. The van der Waals surface area contributed by atoms with Crippen molar-refractivity contribution in [3.8, 4) is 11.5 Å². The van der Waals surface area contributed by atoms with E-state index in [9.17, 15) is 0 Å². The summed E-state index contributed by atoms with van der Waals surface area (Å²) in [6.45, 7) is 0.202. The van der Waals surface area contributed by atoms with Gasteiger partial charge in [0.25, 0.3) is 0 Å². The van der Waals surface area contributed by atoms with Crippen LogP contribution in [0.1, 0.15) is 0 Å². The average molecular weight is 369 g/mol. The first-order chi connectivity index (χ1) is 12.2. The normalized spacial score (nSPS) is 15.6. The van der Waals surface area contributed by atoms with Crippen LogP contribution in [0.4, 0.5) is 0 Å². The molecule has 3 aromatic carbocycles. The van der Waals surface area contributed by atoms with Crippen LogP contribution in [0.25, 0.3) is 0 Å². The SMILES string of the molecule is CS1(c2ccc(SCCO)cc2)c2ccccc2Oc2ccccc21. The van der Waals surface area contributed by atoms with Gasteiger partial charge in [0.15, 0.2) is 0 Å². The van der Waals surface area contributed by atoms with Crippen molar-refractivity contribution in [2.45, 2.75) is 19.6 Å². The summed E-state index contributed by atoms with van der Waals surface area (Å²) in [5.41, 5.74) is 0. The fraction of sp³-hybridized carbons (Fsp3) is 0.143. The van der Waals surface area contributed by atoms with E-state index < -0.39 is 10.0 Å². The van der Waals surface area contributed by atoms with Gasteiger partial charge in [0.1, 0.15) is 11.5 Å². The average Bonchev–Trinajstić information content (AvgIpc) is 2.67. The topological polar surface area (TPSA) is 29.5 Å². The molecule has 0 spiro atoms. The molecular formula is C21H20O2S2. The van der Waals surface area contributed by atoms with Crippen LogP contribution >= 0.6 is 21.8 Å². The van der Waals surface area contributed by atoms with Gasteiger partial charge in [-0.05, 0) is 59.7 Å². The largest absolute Gasteiger partial charge is 0.455 e. The zero-order valence-electron chi connectivity index (χ0n) is 14.0. The monoisotopic (exact) mass is 368 g/mol. The highest BCUT2D eigenvalue weighted by atomic mass is 32.3. The lowest BCUT2D eigenvalue weighted by Gasteiger charge is -2.42. The van der Waals surface area contributed by atoms with Gasteiger partial charge in [-0.2, -0.15) is 10.0 Å². The Labute approximate surface area is 154 Å². The predicted octanol–water partition coefficient (Wildman–Crippen LogP) is 5.79. The van der Waals surface area contributed by atoms with Crippen molar-refractivity contribution in [1.29, 1.82) is 0 Å². The number of aliphatic hydroxyl groups is 1. The summed E-state index contributed by atoms with van der Waals surface area (Å²) in [5, 5.41) is 9.01. The van der Waals surface area contributed by atoms with Crippen LogP contribution < -0.4 is 4.74 Å². The first kappa shape index (κ1) is 16.6. The molecule has 0 aliphatic carbocycles.